The number of rotatable bonds is 4. The lowest BCUT2D eigenvalue weighted by molar-refractivity contribution is 0.0704. The molecule has 0 spiro atoms. The van der Waals surface area contributed by atoms with E-state index in [0.29, 0.717) is 18.2 Å². The van der Waals surface area contributed by atoms with E-state index < -0.39 is 0 Å². The van der Waals surface area contributed by atoms with Gasteiger partial charge in [0.1, 0.15) is 0 Å². The average Bonchev–Trinajstić information content (AvgIpc) is 3.10. The molecule has 1 aliphatic rings. The summed E-state index contributed by atoms with van der Waals surface area (Å²) in [5, 5.41) is 12.0. The molecule has 2 aromatic heterocycles. The van der Waals surface area contributed by atoms with Crippen LogP contribution in [0.1, 0.15) is 49.7 Å². The third-order valence-corrected chi connectivity index (χ3v) is 4.51. The van der Waals surface area contributed by atoms with Crippen LogP contribution in [0.5, 0.6) is 0 Å². The Morgan fingerprint density at radius 3 is 2.52 bits per heavy atom. The van der Waals surface area contributed by atoms with Crippen LogP contribution < -0.4 is 5.32 Å². The number of piperidine rings is 1. The predicted octanol–water partition coefficient (Wildman–Crippen LogP) is 1.82. The van der Waals surface area contributed by atoms with Crippen molar-refractivity contribution in [3.05, 3.63) is 42.0 Å². The fraction of sp³-hybridized carbons (Fsp3) is 0.556. The van der Waals surface area contributed by atoms with Gasteiger partial charge in [0.25, 0.3) is 5.91 Å². The van der Waals surface area contributed by atoms with Crippen molar-refractivity contribution >= 4 is 5.91 Å². The first-order valence-electron chi connectivity index (χ1n) is 8.78. The fourth-order valence-corrected chi connectivity index (χ4v) is 2.92. The lowest BCUT2D eigenvalue weighted by Gasteiger charge is -2.32. The van der Waals surface area contributed by atoms with E-state index in [4.69, 9.17) is 0 Å². The van der Waals surface area contributed by atoms with Crippen molar-refractivity contribution in [1.29, 1.82) is 0 Å². The van der Waals surface area contributed by atoms with Crippen molar-refractivity contribution in [1.82, 2.24) is 30.2 Å². The smallest absolute Gasteiger partial charge is 0.253 e. The number of pyridine rings is 1. The Morgan fingerprint density at radius 2 is 1.92 bits per heavy atom. The largest absolute Gasteiger partial charge is 0.339 e. The maximum atomic E-state index is 12.4. The minimum absolute atomic E-state index is 0.0517. The van der Waals surface area contributed by atoms with E-state index in [1.807, 2.05) is 15.8 Å². The number of nitrogens with zero attached hydrogens (tertiary/aromatic N) is 5. The van der Waals surface area contributed by atoms with Gasteiger partial charge in [-0.1, -0.05) is 5.21 Å². The second-order valence-corrected chi connectivity index (χ2v) is 7.51. The molecule has 3 rings (SSSR count). The van der Waals surface area contributed by atoms with Crippen molar-refractivity contribution < 1.29 is 4.79 Å². The number of aromatic nitrogens is 4. The molecule has 2 aromatic rings. The van der Waals surface area contributed by atoms with Crippen molar-refractivity contribution in [2.24, 2.45) is 0 Å². The third-order valence-electron chi connectivity index (χ3n) is 4.51. The Hall–Kier alpha value is -2.28. The topological polar surface area (TPSA) is 75.9 Å². The number of hydrogen-bond acceptors (Lipinski definition) is 5. The molecule has 134 valence electrons. The minimum Gasteiger partial charge on any atom is -0.339 e. The number of hydrogen-bond donors (Lipinski definition) is 1. The molecule has 7 heteroatoms. The molecule has 1 saturated heterocycles. The number of carbonyl (C=O) groups excluding carboxylic acids is 1. The van der Waals surface area contributed by atoms with E-state index in [1.165, 1.54) is 0 Å². The first-order chi connectivity index (χ1) is 11.9. The second kappa shape index (κ2) is 7.31. The minimum atomic E-state index is -0.0517. The summed E-state index contributed by atoms with van der Waals surface area (Å²) in [5.41, 5.74) is 1.61. The first kappa shape index (κ1) is 17.5. The van der Waals surface area contributed by atoms with Gasteiger partial charge in [-0.15, -0.1) is 5.10 Å². The summed E-state index contributed by atoms with van der Waals surface area (Å²) < 4.78 is 1.89. The Balaban J connectivity index is 1.47. The molecule has 0 saturated carbocycles. The molecule has 3 heterocycles. The summed E-state index contributed by atoms with van der Waals surface area (Å²) in [5.74, 6) is 0.0916. The molecule has 1 aliphatic heterocycles. The molecule has 1 fully saturated rings. The molecular weight excluding hydrogens is 316 g/mol. The standard InChI is InChI=1S/C18H26N6O/c1-18(2,3)24-13-16(21-22-24)12-20-15-6-10-23(11-7-15)17(25)14-4-8-19-9-5-14/h4-5,8-9,13,15,20H,6-7,10-12H2,1-3H3. The van der Waals surface area contributed by atoms with Gasteiger partial charge in [0.05, 0.1) is 17.4 Å². The van der Waals surface area contributed by atoms with Gasteiger partial charge in [0.15, 0.2) is 0 Å². The van der Waals surface area contributed by atoms with Crippen LogP contribution in [-0.2, 0) is 12.1 Å². The van der Waals surface area contributed by atoms with E-state index in [-0.39, 0.29) is 11.4 Å². The molecule has 0 radical (unpaired) electrons. The third kappa shape index (κ3) is 4.42. The summed E-state index contributed by atoms with van der Waals surface area (Å²) in [6.07, 6.45) is 7.21. The SMILES string of the molecule is CC(C)(C)n1cc(CNC2CCN(C(=O)c3ccncc3)CC2)nn1. The summed E-state index contributed by atoms with van der Waals surface area (Å²) >= 11 is 0. The Bertz CT molecular complexity index is 698. The summed E-state index contributed by atoms with van der Waals surface area (Å²) in [6.45, 7) is 8.57. The highest BCUT2D eigenvalue weighted by Crippen LogP contribution is 2.15. The van der Waals surface area contributed by atoms with E-state index in [1.54, 1.807) is 24.5 Å². The van der Waals surface area contributed by atoms with Gasteiger partial charge < -0.3 is 10.2 Å². The van der Waals surface area contributed by atoms with Crippen molar-refractivity contribution in [3.8, 4) is 0 Å². The molecule has 0 atom stereocenters. The van der Waals surface area contributed by atoms with E-state index in [2.05, 4.69) is 41.4 Å². The molecule has 1 amide bonds. The van der Waals surface area contributed by atoms with Crippen LogP contribution in [0.15, 0.2) is 30.7 Å². The molecule has 0 aliphatic carbocycles. The molecule has 1 N–H and O–H groups in total. The maximum Gasteiger partial charge on any atom is 0.253 e. The van der Waals surface area contributed by atoms with Crippen molar-refractivity contribution in [2.45, 2.75) is 51.7 Å². The Labute approximate surface area is 148 Å². The molecule has 0 unspecified atom stereocenters. The molecule has 7 nitrogen and oxygen atoms in total. The molecule has 25 heavy (non-hydrogen) atoms. The Kier molecular flexibility index (Phi) is 5.13. The average molecular weight is 342 g/mol. The summed E-state index contributed by atoms with van der Waals surface area (Å²) in [4.78, 5) is 18.3. The van der Waals surface area contributed by atoms with Crippen LogP contribution >= 0.6 is 0 Å². The number of likely N-dealkylation sites (tertiary alicyclic amines) is 1. The number of amides is 1. The van der Waals surface area contributed by atoms with Gasteiger partial charge in [-0.05, 0) is 45.7 Å². The van der Waals surface area contributed by atoms with Gasteiger partial charge in [-0.25, -0.2) is 4.68 Å². The molecule has 0 aromatic carbocycles. The Morgan fingerprint density at radius 1 is 1.24 bits per heavy atom. The lowest BCUT2D eigenvalue weighted by atomic mass is 10.0. The van der Waals surface area contributed by atoms with Gasteiger partial charge in [-0.3, -0.25) is 9.78 Å². The van der Waals surface area contributed by atoms with Crippen LogP contribution in [-0.4, -0.2) is 49.9 Å². The highest BCUT2D eigenvalue weighted by atomic mass is 16.2. The van der Waals surface area contributed by atoms with E-state index in [0.717, 1.165) is 31.6 Å². The van der Waals surface area contributed by atoms with Gasteiger partial charge >= 0.3 is 0 Å². The highest BCUT2D eigenvalue weighted by Gasteiger charge is 2.23. The summed E-state index contributed by atoms with van der Waals surface area (Å²) in [6, 6.07) is 3.94. The zero-order valence-electron chi connectivity index (χ0n) is 15.1. The van der Waals surface area contributed by atoms with Crippen LogP contribution in [0.2, 0.25) is 0 Å². The maximum absolute atomic E-state index is 12.4. The summed E-state index contributed by atoms with van der Waals surface area (Å²) in [7, 11) is 0. The lowest BCUT2D eigenvalue weighted by Crippen LogP contribution is -2.44. The number of nitrogens with one attached hydrogen (secondary N) is 1. The monoisotopic (exact) mass is 342 g/mol. The van der Waals surface area contributed by atoms with E-state index in [9.17, 15) is 4.79 Å². The van der Waals surface area contributed by atoms with Gasteiger partial charge in [0, 0.05) is 43.6 Å². The fourth-order valence-electron chi connectivity index (χ4n) is 2.92. The van der Waals surface area contributed by atoms with Crippen LogP contribution in [0.3, 0.4) is 0 Å². The van der Waals surface area contributed by atoms with Crippen LogP contribution in [0, 0.1) is 0 Å². The molecular formula is C18H26N6O. The quantitative estimate of drug-likeness (QED) is 0.917. The normalized spacial score (nSPS) is 16.2. The zero-order valence-corrected chi connectivity index (χ0v) is 15.1. The van der Waals surface area contributed by atoms with Gasteiger partial charge in [-0.2, -0.15) is 0 Å². The van der Waals surface area contributed by atoms with Crippen LogP contribution in [0.25, 0.3) is 0 Å². The van der Waals surface area contributed by atoms with Crippen LogP contribution in [0.4, 0.5) is 0 Å². The van der Waals surface area contributed by atoms with Crippen molar-refractivity contribution in [2.75, 3.05) is 13.1 Å². The predicted molar refractivity (Wildman–Crippen MR) is 95.0 cm³/mol. The zero-order chi connectivity index (χ0) is 17.9. The first-order valence-corrected chi connectivity index (χ1v) is 8.78. The second-order valence-electron chi connectivity index (χ2n) is 7.51. The van der Waals surface area contributed by atoms with Gasteiger partial charge in [0.2, 0.25) is 0 Å². The number of carbonyl (C=O) groups is 1. The molecule has 0 bridgehead atoms. The highest BCUT2D eigenvalue weighted by molar-refractivity contribution is 5.94. The van der Waals surface area contributed by atoms with E-state index >= 15 is 0 Å². The van der Waals surface area contributed by atoms with Crippen molar-refractivity contribution in [3.63, 3.8) is 0 Å².